The molecule has 3 N–H and O–H groups in total. The Morgan fingerprint density at radius 2 is 2.14 bits per heavy atom. The van der Waals surface area contributed by atoms with Crippen molar-refractivity contribution < 1.29 is 9.26 Å². The van der Waals surface area contributed by atoms with E-state index in [1.54, 1.807) is 12.5 Å². The molecule has 0 amide bonds. The predicted octanol–water partition coefficient (Wildman–Crippen LogP) is 1.61. The minimum Gasteiger partial charge on any atom is -0.485 e. The molecule has 0 aliphatic rings. The van der Waals surface area contributed by atoms with E-state index in [-0.39, 0.29) is 12.6 Å². The summed E-state index contributed by atoms with van der Waals surface area (Å²) in [4.78, 5) is 11.2. The van der Waals surface area contributed by atoms with Gasteiger partial charge in [-0.15, -0.1) is 0 Å². The minimum atomic E-state index is -0.372. The van der Waals surface area contributed by atoms with E-state index in [0.29, 0.717) is 18.1 Å². The van der Waals surface area contributed by atoms with Crippen LogP contribution in [0, 0.1) is 0 Å². The number of H-pyrrole nitrogens is 1. The van der Waals surface area contributed by atoms with E-state index in [2.05, 4.69) is 20.1 Å². The van der Waals surface area contributed by atoms with Crippen LogP contribution in [0.25, 0.3) is 0 Å². The first-order chi connectivity index (χ1) is 10.3. The molecular formula is C14H15N5O2. The van der Waals surface area contributed by atoms with Crippen LogP contribution in [0.4, 0.5) is 0 Å². The highest BCUT2D eigenvalue weighted by Crippen LogP contribution is 2.14. The lowest BCUT2D eigenvalue weighted by Crippen LogP contribution is -2.14. The molecule has 3 rings (SSSR count). The summed E-state index contributed by atoms with van der Waals surface area (Å²) in [5, 5.41) is 3.86. The van der Waals surface area contributed by atoms with Crippen LogP contribution in [-0.4, -0.2) is 20.1 Å². The highest BCUT2D eigenvalue weighted by molar-refractivity contribution is 5.21. The fraction of sp³-hybridized carbons (Fsp3) is 0.214. The van der Waals surface area contributed by atoms with E-state index in [1.165, 1.54) is 0 Å². The van der Waals surface area contributed by atoms with Crippen LogP contribution in [0.2, 0.25) is 0 Å². The summed E-state index contributed by atoms with van der Waals surface area (Å²) in [6.07, 6.45) is 3.88. The number of aromatic nitrogens is 4. The monoisotopic (exact) mass is 285 g/mol. The summed E-state index contributed by atoms with van der Waals surface area (Å²) in [6, 6.07) is 9.08. The molecule has 0 aliphatic carbocycles. The Hall–Kier alpha value is -2.67. The number of nitrogens with zero attached hydrogens (tertiary/aromatic N) is 3. The first-order valence-electron chi connectivity index (χ1n) is 6.54. The Morgan fingerprint density at radius 3 is 2.90 bits per heavy atom. The second kappa shape index (κ2) is 6.19. The first-order valence-corrected chi connectivity index (χ1v) is 6.54. The molecule has 7 nitrogen and oxygen atoms in total. The number of rotatable bonds is 6. The van der Waals surface area contributed by atoms with Crippen molar-refractivity contribution >= 4 is 0 Å². The molecule has 0 saturated heterocycles. The standard InChI is InChI=1S/C14H15N5O2/c15-12(6-10-7-16-9-17-10)14-18-13(19-21-14)8-20-11-4-2-1-3-5-11/h1-5,7,9,12H,6,8,15H2,(H,16,17)/t12-/m0/s1. The van der Waals surface area contributed by atoms with Crippen molar-refractivity contribution in [2.75, 3.05) is 0 Å². The van der Waals surface area contributed by atoms with E-state index in [1.807, 2.05) is 30.3 Å². The van der Waals surface area contributed by atoms with Crippen molar-refractivity contribution in [3.63, 3.8) is 0 Å². The molecule has 21 heavy (non-hydrogen) atoms. The van der Waals surface area contributed by atoms with E-state index in [9.17, 15) is 0 Å². The molecule has 108 valence electrons. The number of hydrogen-bond acceptors (Lipinski definition) is 6. The second-order valence-electron chi connectivity index (χ2n) is 4.54. The third kappa shape index (κ3) is 3.46. The van der Waals surface area contributed by atoms with Crippen molar-refractivity contribution in [1.82, 2.24) is 20.1 Å². The number of imidazole rings is 1. The van der Waals surface area contributed by atoms with Gasteiger partial charge in [0.25, 0.3) is 0 Å². The highest BCUT2D eigenvalue weighted by atomic mass is 16.5. The number of nitrogens with one attached hydrogen (secondary N) is 1. The summed E-state index contributed by atoms with van der Waals surface area (Å²) in [7, 11) is 0. The summed E-state index contributed by atoms with van der Waals surface area (Å²) >= 11 is 0. The summed E-state index contributed by atoms with van der Waals surface area (Å²) in [5.41, 5.74) is 6.94. The van der Waals surface area contributed by atoms with Crippen molar-refractivity contribution in [1.29, 1.82) is 0 Å². The third-order valence-electron chi connectivity index (χ3n) is 2.91. The zero-order valence-electron chi connectivity index (χ0n) is 11.3. The van der Waals surface area contributed by atoms with Gasteiger partial charge in [0.2, 0.25) is 11.7 Å². The lowest BCUT2D eigenvalue weighted by Gasteiger charge is -2.03. The average molecular weight is 285 g/mol. The quantitative estimate of drug-likeness (QED) is 0.713. The van der Waals surface area contributed by atoms with Gasteiger partial charge in [-0.3, -0.25) is 0 Å². The molecule has 2 heterocycles. The molecule has 0 radical (unpaired) electrons. The van der Waals surface area contributed by atoms with Gasteiger partial charge in [-0.05, 0) is 12.1 Å². The number of benzene rings is 1. The maximum Gasteiger partial charge on any atom is 0.244 e. The predicted molar refractivity (Wildman–Crippen MR) is 74.3 cm³/mol. The van der Waals surface area contributed by atoms with Crippen molar-refractivity contribution in [3.05, 3.63) is 60.3 Å². The van der Waals surface area contributed by atoms with Crippen molar-refractivity contribution in [2.24, 2.45) is 5.73 Å². The van der Waals surface area contributed by atoms with E-state index in [0.717, 1.165) is 11.4 Å². The van der Waals surface area contributed by atoms with Gasteiger partial charge in [0, 0.05) is 18.3 Å². The Balaban J connectivity index is 1.58. The van der Waals surface area contributed by atoms with E-state index < -0.39 is 0 Å². The maximum atomic E-state index is 6.02. The summed E-state index contributed by atoms with van der Waals surface area (Å²) in [5.74, 6) is 1.61. The molecule has 0 aliphatic heterocycles. The maximum absolute atomic E-state index is 6.02. The Labute approximate surface area is 121 Å². The number of nitrogens with two attached hydrogens (primary N) is 1. The Bertz CT molecular complexity index is 666. The average Bonchev–Trinajstić information content (AvgIpc) is 3.17. The van der Waals surface area contributed by atoms with Gasteiger partial charge in [0.05, 0.1) is 12.4 Å². The molecule has 0 fully saturated rings. The molecule has 1 atom stereocenters. The third-order valence-corrected chi connectivity index (χ3v) is 2.91. The molecule has 0 saturated carbocycles. The van der Waals surface area contributed by atoms with E-state index >= 15 is 0 Å². The van der Waals surface area contributed by atoms with Gasteiger partial charge < -0.3 is 20.0 Å². The number of hydrogen-bond donors (Lipinski definition) is 2. The number of para-hydroxylation sites is 1. The van der Waals surface area contributed by atoms with Crippen LogP contribution in [-0.2, 0) is 13.0 Å². The molecule has 0 bridgehead atoms. The summed E-state index contributed by atoms with van der Waals surface area (Å²) < 4.78 is 10.7. The van der Waals surface area contributed by atoms with Crippen LogP contribution >= 0.6 is 0 Å². The van der Waals surface area contributed by atoms with E-state index in [4.69, 9.17) is 15.0 Å². The summed E-state index contributed by atoms with van der Waals surface area (Å²) in [6.45, 7) is 0.240. The minimum absolute atomic E-state index is 0.240. The Morgan fingerprint density at radius 1 is 1.29 bits per heavy atom. The molecule has 1 aromatic carbocycles. The number of ether oxygens (including phenoxy) is 1. The molecule has 0 unspecified atom stereocenters. The topological polar surface area (TPSA) is 103 Å². The fourth-order valence-corrected chi connectivity index (χ4v) is 1.86. The SMILES string of the molecule is N[C@@H](Cc1cnc[nH]1)c1nc(COc2ccccc2)no1. The van der Waals surface area contributed by atoms with Gasteiger partial charge in [-0.25, -0.2) is 4.98 Å². The van der Waals surface area contributed by atoms with Crippen molar-refractivity contribution in [2.45, 2.75) is 19.1 Å². The lowest BCUT2D eigenvalue weighted by atomic mass is 10.2. The van der Waals surface area contributed by atoms with Gasteiger partial charge in [-0.2, -0.15) is 4.98 Å². The van der Waals surface area contributed by atoms with Crippen LogP contribution in [0.3, 0.4) is 0 Å². The normalized spacial score (nSPS) is 12.2. The zero-order valence-corrected chi connectivity index (χ0v) is 11.3. The van der Waals surface area contributed by atoms with Crippen LogP contribution in [0.1, 0.15) is 23.5 Å². The second-order valence-corrected chi connectivity index (χ2v) is 4.54. The fourth-order valence-electron chi connectivity index (χ4n) is 1.86. The van der Waals surface area contributed by atoms with Crippen LogP contribution in [0.5, 0.6) is 5.75 Å². The Kier molecular flexibility index (Phi) is 3.92. The van der Waals surface area contributed by atoms with Gasteiger partial charge in [-0.1, -0.05) is 23.4 Å². The molecule has 0 spiro atoms. The lowest BCUT2D eigenvalue weighted by molar-refractivity contribution is 0.283. The highest BCUT2D eigenvalue weighted by Gasteiger charge is 2.16. The molecule has 2 aromatic heterocycles. The largest absolute Gasteiger partial charge is 0.485 e. The molecule has 3 aromatic rings. The smallest absolute Gasteiger partial charge is 0.244 e. The van der Waals surface area contributed by atoms with Crippen molar-refractivity contribution in [3.8, 4) is 5.75 Å². The van der Waals surface area contributed by atoms with Gasteiger partial charge in [0.15, 0.2) is 6.61 Å². The van der Waals surface area contributed by atoms with Crippen LogP contribution < -0.4 is 10.5 Å². The van der Waals surface area contributed by atoms with Gasteiger partial charge >= 0.3 is 0 Å². The molecule has 7 heteroatoms. The van der Waals surface area contributed by atoms with Crippen LogP contribution in [0.15, 0.2) is 47.4 Å². The van der Waals surface area contributed by atoms with Gasteiger partial charge in [0.1, 0.15) is 5.75 Å². The zero-order chi connectivity index (χ0) is 14.5. The number of aromatic amines is 1. The molecular weight excluding hydrogens is 270 g/mol. The first kappa shape index (κ1) is 13.3.